The Balaban J connectivity index is 2.05. The number of rotatable bonds is 3. The molecular weight excluding hydrogens is 250 g/mol. The largest absolute Gasteiger partial charge is 0.497 e. The smallest absolute Gasteiger partial charge is 0.128 e. The highest BCUT2D eigenvalue weighted by molar-refractivity contribution is 5.50. The van der Waals surface area contributed by atoms with Crippen molar-refractivity contribution in [3.05, 3.63) is 41.1 Å². The summed E-state index contributed by atoms with van der Waals surface area (Å²) < 4.78 is 7.48. The predicted molar refractivity (Wildman–Crippen MR) is 80.6 cm³/mol. The summed E-state index contributed by atoms with van der Waals surface area (Å²) >= 11 is 0. The lowest BCUT2D eigenvalue weighted by molar-refractivity contribution is 0.411. The minimum atomic E-state index is 0.292. The van der Waals surface area contributed by atoms with Crippen molar-refractivity contribution in [3.8, 4) is 5.75 Å². The SMILES string of the molecule is CCc1nn2c(c1C)NCCC2c1cccc(OC)c1. The van der Waals surface area contributed by atoms with E-state index in [1.54, 1.807) is 7.11 Å². The van der Waals surface area contributed by atoms with Gasteiger partial charge in [-0.05, 0) is 37.5 Å². The second kappa shape index (κ2) is 5.19. The predicted octanol–water partition coefficient (Wildman–Crippen LogP) is 3.17. The Labute approximate surface area is 119 Å². The van der Waals surface area contributed by atoms with Gasteiger partial charge in [0.1, 0.15) is 11.6 Å². The van der Waals surface area contributed by atoms with Gasteiger partial charge in [-0.1, -0.05) is 19.1 Å². The minimum absolute atomic E-state index is 0.292. The molecule has 0 saturated carbocycles. The van der Waals surface area contributed by atoms with Gasteiger partial charge in [-0.2, -0.15) is 5.10 Å². The molecule has 2 heterocycles. The van der Waals surface area contributed by atoms with Crippen molar-refractivity contribution in [1.29, 1.82) is 0 Å². The molecule has 3 rings (SSSR count). The fraction of sp³-hybridized carbons (Fsp3) is 0.438. The molecule has 0 amide bonds. The molecule has 0 radical (unpaired) electrons. The number of hydrogen-bond donors (Lipinski definition) is 1. The zero-order valence-electron chi connectivity index (χ0n) is 12.3. The zero-order chi connectivity index (χ0) is 14.1. The van der Waals surface area contributed by atoms with Gasteiger partial charge in [-0.25, -0.2) is 4.68 Å². The van der Waals surface area contributed by atoms with E-state index in [0.29, 0.717) is 6.04 Å². The van der Waals surface area contributed by atoms with E-state index in [1.807, 2.05) is 12.1 Å². The van der Waals surface area contributed by atoms with E-state index >= 15 is 0 Å². The fourth-order valence-corrected chi connectivity index (χ4v) is 2.94. The van der Waals surface area contributed by atoms with Crippen LogP contribution in [0.15, 0.2) is 24.3 Å². The molecule has 2 aromatic rings. The lowest BCUT2D eigenvalue weighted by Gasteiger charge is -2.26. The van der Waals surface area contributed by atoms with Gasteiger partial charge in [0.15, 0.2) is 0 Å². The van der Waals surface area contributed by atoms with Gasteiger partial charge in [-0.15, -0.1) is 0 Å². The first kappa shape index (κ1) is 13.0. The summed E-state index contributed by atoms with van der Waals surface area (Å²) in [5.74, 6) is 2.07. The Kier molecular flexibility index (Phi) is 3.38. The second-order valence-corrected chi connectivity index (χ2v) is 5.23. The summed E-state index contributed by atoms with van der Waals surface area (Å²) in [6.45, 7) is 5.29. The highest BCUT2D eigenvalue weighted by atomic mass is 16.5. The summed E-state index contributed by atoms with van der Waals surface area (Å²) in [7, 11) is 1.71. The Bertz CT molecular complexity index is 618. The Hall–Kier alpha value is -1.97. The van der Waals surface area contributed by atoms with Crippen molar-refractivity contribution in [2.75, 3.05) is 19.0 Å². The van der Waals surface area contributed by atoms with Crippen molar-refractivity contribution in [3.63, 3.8) is 0 Å². The molecule has 1 aromatic heterocycles. The van der Waals surface area contributed by atoms with Crippen molar-refractivity contribution in [1.82, 2.24) is 9.78 Å². The van der Waals surface area contributed by atoms with Gasteiger partial charge >= 0.3 is 0 Å². The van der Waals surface area contributed by atoms with Crippen molar-refractivity contribution >= 4 is 5.82 Å². The van der Waals surface area contributed by atoms with Crippen LogP contribution in [0.2, 0.25) is 0 Å². The summed E-state index contributed by atoms with van der Waals surface area (Å²) in [6.07, 6.45) is 2.02. The molecule has 20 heavy (non-hydrogen) atoms. The third-order valence-corrected chi connectivity index (χ3v) is 4.06. The topological polar surface area (TPSA) is 39.1 Å². The summed E-state index contributed by atoms with van der Waals surface area (Å²) in [4.78, 5) is 0. The maximum absolute atomic E-state index is 5.34. The molecule has 1 unspecified atom stereocenters. The molecule has 0 spiro atoms. The molecule has 1 N–H and O–H groups in total. The number of ether oxygens (including phenoxy) is 1. The molecule has 0 saturated heterocycles. The third-order valence-electron chi connectivity index (χ3n) is 4.06. The van der Waals surface area contributed by atoms with Crippen molar-refractivity contribution in [2.24, 2.45) is 0 Å². The molecule has 0 aliphatic carbocycles. The number of nitrogens with one attached hydrogen (secondary N) is 1. The summed E-state index contributed by atoms with van der Waals surface area (Å²) in [6, 6.07) is 8.60. The van der Waals surface area contributed by atoms with E-state index < -0.39 is 0 Å². The van der Waals surface area contributed by atoms with Gasteiger partial charge in [0.2, 0.25) is 0 Å². The quantitative estimate of drug-likeness (QED) is 0.932. The summed E-state index contributed by atoms with van der Waals surface area (Å²) in [5, 5.41) is 8.28. The van der Waals surface area contributed by atoms with Crippen LogP contribution in [-0.4, -0.2) is 23.4 Å². The fourth-order valence-electron chi connectivity index (χ4n) is 2.94. The average Bonchev–Trinajstić information content (AvgIpc) is 2.84. The third kappa shape index (κ3) is 2.05. The molecular formula is C16H21N3O. The first-order valence-corrected chi connectivity index (χ1v) is 7.20. The maximum atomic E-state index is 5.34. The minimum Gasteiger partial charge on any atom is -0.497 e. The van der Waals surface area contributed by atoms with Gasteiger partial charge in [0, 0.05) is 12.1 Å². The van der Waals surface area contributed by atoms with Crippen LogP contribution < -0.4 is 10.1 Å². The van der Waals surface area contributed by atoms with E-state index in [4.69, 9.17) is 9.84 Å². The number of aromatic nitrogens is 2. The normalized spacial score (nSPS) is 17.4. The average molecular weight is 271 g/mol. The molecule has 1 aromatic carbocycles. The van der Waals surface area contributed by atoms with Crippen LogP contribution >= 0.6 is 0 Å². The number of hydrogen-bond acceptors (Lipinski definition) is 3. The van der Waals surface area contributed by atoms with Gasteiger partial charge in [-0.3, -0.25) is 0 Å². The lowest BCUT2D eigenvalue weighted by Crippen LogP contribution is -2.24. The van der Waals surface area contributed by atoms with Crippen LogP contribution in [0, 0.1) is 6.92 Å². The highest BCUT2D eigenvalue weighted by Gasteiger charge is 2.25. The van der Waals surface area contributed by atoms with E-state index in [-0.39, 0.29) is 0 Å². The van der Waals surface area contributed by atoms with E-state index in [9.17, 15) is 0 Å². The van der Waals surface area contributed by atoms with E-state index in [1.165, 1.54) is 22.6 Å². The number of fused-ring (bicyclic) bond motifs is 1. The Morgan fingerprint density at radius 3 is 3.05 bits per heavy atom. The van der Waals surface area contributed by atoms with Crippen LogP contribution in [0.1, 0.15) is 36.2 Å². The maximum Gasteiger partial charge on any atom is 0.128 e. The number of methoxy groups -OCH3 is 1. The molecule has 4 heteroatoms. The standard InChI is InChI=1S/C16H21N3O/c1-4-14-11(2)16-17-9-8-15(19(16)18-14)12-6-5-7-13(10-12)20-3/h5-7,10,15,17H,4,8-9H2,1-3H3. The molecule has 1 atom stereocenters. The van der Waals surface area contributed by atoms with Crippen LogP contribution in [-0.2, 0) is 6.42 Å². The molecule has 1 aliphatic rings. The Morgan fingerprint density at radius 2 is 2.30 bits per heavy atom. The van der Waals surface area contributed by atoms with Crippen LogP contribution in [0.5, 0.6) is 5.75 Å². The monoisotopic (exact) mass is 271 g/mol. The number of benzene rings is 1. The van der Waals surface area contributed by atoms with Gasteiger partial charge in [0.05, 0.1) is 18.8 Å². The van der Waals surface area contributed by atoms with E-state index in [2.05, 4.69) is 36.0 Å². The summed E-state index contributed by atoms with van der Waals surface area (Å²) in [5.41, 5.74) is 3.72. The zero-order valence-corrected chi connectivity index (χ0v) is 12.3. The Morgan fingerprint density at radius 1 is 1.45 bits per heavy atom. The van der Waals surface area contributed by atoms with Crippen LogP contribution in [0.25, 0.3) is 0 Å². The van der Waals surface area contributed by atoms with Crippen LogP contribution in [0.4, 0.5) is 5.82 Å². The molecule has 4 nitrogen and oxygen atoms in total. The lowest BCUT2D eigenvalue weighted by atomic mass is 10.0. The molecule has 1 aliphatic heterocycles. The molecule has 106 valence electrons. The molecule has 0 fully saturated rings. The van der Waals surface area contributed by atoms with E-state index in [0.717, 1.165) is 25.1 Å². The van der Waals surface area contributed by atoms with Crippen molar-refractivity contribution < 1.29 is 4.74 Å². The first-order chi connectivity index (χ1) is 9.74. The van der Waals surface area contributed by atoms with Crippen molar-refractivity contribution in [2.45, 2.75) is 32.7 Å². The van der Waals surface area contributed by atoms with Gasteiger partial charge in [0.25, 0.3) is 0 Å². The van der Waals surface area contributed by atoms with Gasteiger partial charge < -0.3 is 10.1 Å². The van der Waals surface area contributed by atoms with Crippen LogP contribution in [0.3, 0.4) is 0 Å². The number of anilines is 1. The number of nitrogens with zero attached hydrogens (tertiary/aromatic N) is 2. The molecule has 0 bridgehead atoms. The number of aryl methyl sites for hydroxylation is 1. The second-order valence-electron chi connectivity index (χ2n) is 5.23. The first-order valence-electron chi connectivity index (χ1n) is 7.20. The highest BCUT2D eigenvalue weighted by Crippen LogP contribution is 2.33.